The number of fused-ring (bicyclic) bond motifs is 1. The second-order valence-corrected chi connectivity index (χ2v) is 6.50. The van der Waals surface area contributed by atoms with Crippen molar-refractivity contribution in [3.8, 4) is 11.1 Å². The van der Waals surface area contributed by atoms with Crippen LogP contribution in [0.15, 0.2) is 42.5 Å². The van der Waals surface area contributed by atoms with E-state index in [2.05, 4.69) is 20.6 Å². The van der Waals surface area contributed by atoms with Crippen LogP contribution in [-0.4, -0.2) is 42.6 Å². The number of nitrogens with zero attached hydrogens (tertiary/aromatic N) is 1. The highest BCUT2D eigenvalue weighted by atomic mass is 19.1. The molecule has 1 fully saturated rings. The van der Waals surface area contributed by atoms with Gasteiger partial charge >= 0.3 is 0 Å². The first-order valence-electron chi connectivity index (χ1n) is 8.99. The molecule has 0 aliphatic carbocycles. The van der Waals surface area contributed by atoms with E-state index in [0.717, 1.165) is 41.2 Å². The fourth-order valence-corrected chi connectivity index (χ4v) is 2.97. The Hall–Kier alpha value is -2.77. The minimum absolute atomic E-state index is 0.260. The lowest BCUT2D eigenvalue weighted by Gasteiger charge is -2.01. The molecule has 3 aromatic rings. The SMILES string of the molecule is CNC(=O)c1nc2ccc(-c3ccc(F)cc3)cc2[nH]1.NCC1CCNC1. The largest absolute Gasteiger partial charge is 0.352 e. The van der Waals surface area contributed by atoms with Gasteiger partial charge in [0.1, 0.15) is 5.82 Å². The Morgan fingerprint density at radius 1 is 1.26 bits per heavy atom. The van der Waals surface area contributed by atoms with Crippen molar-refractivity contribution in [3.05, 3.63) is 54.1 Å². The number of amides is 1. The molecule has 1 amide bonds. The van der Waals surface area contributed by atoms with Crippen LogP contribution >= 0.6 is 0 Å². The number of halogens is 1. The standard InChI is InChI=1S/C15H12FN3O.C5H12N2/c1-17-15(20)14-18-12-7-4-10(8-13(12)19-14)9-2-5-11(16)6-3-9;6-3-5-1-2-7-4-5/h2-8H,1H3,(H,17,20)(H,18,19);5,7H,1-4,6H2. The predicted octanol–water partition coefficient (Wildman–Crippen LogP) is 2.28. The maximum atomic E-state index is 12.9. The first-order chi connectivity index (χ1) is 13.1. The van der Waals surface area contributed by atoms with E-state index < -0.39 is 0 Å². The zero-order valence-electron chi connectivity index (χ0n) is 15.3. The number of hydrogen-bond acceptors (Lipinski definition) is 4. The van der Waals surface area contributed by atoms with E-state index in [-0.39, 0.29) is 17.5 Å². The summed E-state index contributed by atoms with van der Waals surface area (Å²) in [5.74, 6) is 0.515. The summed E-state index contributed by atoms with van der Waals surface area (Å²) in [4.78, 5) is 18.7. The highest BCUT2D eigenvalue weighted by Crippen LogP contribution is 2.23. The lowest BCUT2D eigenvalue weighted by molar-refractivity contribution is 0.0954. The first kappa shape index (κ1) is 19.0. The first-order valence-corrected chi connectivity index (χ1v) is 8.99. The number of aromatic nitrogens is 2. The van der Waals surface area contributed by atoms with E-state index in [1.165, 1.54) is 25.1 Å². The molecule has 2 aromatic carbocycles. The normalized spacial score (nSPS) is 16.0. The number of aromatic amines is 1. The molecule has 27 heavy (non-hydrogen) atoms. The lowest BCUT2D eigenvalue weighted by Crippen LogP contribution is -2.19. The summed E-state index contributed by atoms with van der Waals surface area (Å²) in [5.41, 5.74) is 8.72. The van der Waals surface area contributed by atoms with Crippen LogP contribution in [0.3, 0.4) is 0 Å². The fourth-order valence-electron chi connectivity index (χ4n) is 2.97. The third-order valence-electron chi connectivity index (χ3n) is 4.60. The summed E-state index contributed by atoms with van der Waals surface area (Å²) < 4.78 is 12.9. The summed E-state index contributed by atoms with van der Waals surface area (Å²) in [6.07, 6.45) is 1.27. The highest BCUT2D eigenvalue weighted by molar-refractivity contribution is 5.94. The highest BCUT2D eigenvalue weighted by Gasteiger charge is 2.11. The van der Waals surface area contributed by atoms with Crippen LogP contribution in [0.5, 0.6) is 0 Å². The molecule has 0 saturated carbocycles. The Labute approximate surface area is 157 Å². The van der Waals surface area contributed by atoms with E-state index in [1.807, 2.05) is 18.2 Å². The van der Waals surface area contributed by atoms with Crippen molar-refractivity contribution in [2.45, 2.75) is 6.42 Å². The van der Waals surface area contributed by atoms with Gasteiger partial charge in [0.2, 0.25) is 0 Å². The number of imidazole rings is 1. The molecule has 2 heterocycles. The van der Waals surface area contributed by atoms with Gasteiger partial charge in [-0.1, -0.05) is 18.2 Å². The molecule has 0 spiro atoms. The quantitative estimate of drug-likeness (QED) is 0.570. The minimum atomic E-state index is -0.265. The van der Waals surface area contributed by atoms with Crippen LogP contribution in [0.25, 0.3) is 22.2 Å². The smallest absolute Gasteiger partial charge is 0.286 e. The van der Waals surface area contributed by atoms with E-state index in [9.17, 15) is 9.18 Å². The molecule has 1 unspecified atom stereocenters. The number of nitrogens with one attached hydrogen (secondary N) is 3. The number of hydrogen-bond donors (Lipinski definition) is 4. The molecule has 7 heteroatoms. The van der Waals surface area contributed by atoms with E-state index in [1.54, 1.807) is 19.2 Å². The summed E-state index contributed by atoms with van der Waals surface area (Å²) in [6, 6.07) is 11.9. The molecule has 1 saturated heterocycles. The number of nitrogens with two attached hydrogens (primary N) is 1. The maximum Gasteiger partial charge on any atom is 0.286 e. The van der Waals surface area contributed by atoms with Crippen molar-refractivity contribution >= 4 is 16.9 Å². The Kier molecular flexibility index (Phi) is 6.16. The molecule has 6 nitrogen and oxygen atoms in total. The zero-order chi connectivity index (χ0) is 19.2. The van der Waals surface area contributed by atoms with Crippen molar-refractivity contribution in [1.82, 2.24) is 20.6 Å². The van der Waals surface area contributed by atoms with Gasteiger partial charge in [-0.2, -0.15) is 0 Å². The van der Waals surface area contributed by atoms with Crippen LogP contribution in [0.1, 0.15) is 17.0 Å². The second kappa shape index (κ2) is 8.75. The number of rotatable bonds is 3. The summed E-state index contributed by atoms with van der Waals surface area (Å²) in [5, 5.41) is 5.76. The fraction of sp³-hybridized carbons (Fsp3) is 0.300. The Morgan fingerprint density at radius 3 is 2.59 bits per heavy atom. The molecule has 0 bridgehead atoms. The van der Waals surface area contributed by atoms with Gasteiger partial charge in [0.25, 0.3) is 5.91 Å². The average molecular weight is 369 g/mol. The van der Waals surface area contributed by atoms with Crippen molar-refractivity contribution in [3.63, 3.8) is 0 Å². The average Bonchev–Trinajstić information content (AvgIpc) is 3.37. The van der Waals surface area contributed by atoms with E-state index >= 15 is 0 Å². The molecule has 1 aliphatic heterocycles. The van der Waals surface area contributed by atoms with Crippen molar-refractivity contribution in [2.75, 3.05) is 26.7 Å². The van der Waals surface area contributed by atoms with Gasteiger partial charge in [0.15, 0.2) is 5.82 Å². The Morgan fingerprint density at radius 2 is 2.00 bits per heavy atom. The molecule has 0 radical (unpaired) electrons. The summed E-state index contributed by atoms with van der Waals surface area (Å²) in [6.45, 7) is 3.16. The van der Waals surface area contributed by atoms with Crippen molar-refractivity contribution in [2.24, 2.45) is 11.7 Å². The van der Waals surface area contributed by atoms with Gasteiger partial charge in [0.05, 0.1) is 11.0 Å². The van der Waals surface area contributed by atoms with Crippen LogP contribution in [0.2, 0.25) is 0 Å². The topological polar surface area (TPSA) is 95.8 Å². The van der Waals surface area contributed by atoms with Crippen LogP contribution in [0, 0.1) is 11.7 Å². The van der Waals surface area contributed by atoms with Gasteiger partial charge in [0, 0.05) is 7.05 Å². The Bertz CT molecular complexity index is 900. The third-order valence-corrected chi connectivity index (χ3v) is 4.60. The molecule has 142 valence electrons. The zero-order valence-corrected chi connectivity index (χ0v) is 15.3. The van der Waals surface area contributed by atoms with Gasteiger partial charge in [-0.3, -0.25) is 4.79 Å². The number of H-pyrrole nitrogens is 1. The molecule has 1 atom stereocenters. The third kappa shape index (κ3) is 4.69. The van der Waals surface area contributed by atoms with Gasteiger partial charge in [-0.25, -0.2) is 9.37 Å². The van der Waals surface area contributed by atoms with Crippen molar-refractivity contribution in [1.29, 1.82) is 0 Å². The number of carbonyl (C=O) groups excluding carboxylic acids is 1. The van der Waals surface area contributed by atoms with Gasteiger partial charge < -0.3 is 21.4 Å². The summed E-state index contributed by atoms with van der Waals surface area (Å²) in [7, 11) is 1.56. The lowest BCUT2D eigenvalue weighted by atomic mass is 10.1. The second-order valence-electron chi connectivity index (χ2n) is 6.50. The minimum Gasteiger partial charge on any atom is -0.352 e. The molecular formula is C20H24FN5O. The van der Waals surface area contributed by atoms with Crippen LogP contribution in [0.4, 0.5) is 4.39 Å². The molecule has 4 rings (SSSR count). The molecule has 1 aromatic heterocycles. The molecular weight excluding hydrogens is 345 g/mol. The molecule has 5 N–H and O–H groups in total. The number of benzene rings is 2. The maximum absolute atomic E-state index is 12.9. The Balaban J connectivity index is 0.000000253. The molecule has 1 aliphatic rings. The summed E-state index contributed by atoms with van der Waals surface area (Å²) >= 11 is 0. The predicted molar refractivity (Wildman–Crippen MR) is 105 cm³/mol. The van der Waals surface area contributed by atoms with Crippen LogP contribution < -0.4 is 16.4 Å². The van der Waals surface area contributed by atoms with Gasteiger partial charge in [-0.15, -0.1) is 0 Å². The van der Waals surface area contributed by atoms with Crippen molar-refractivity contribution < 1.29 is 9.18 Å². The van der Waals surface area contributed by atoms with E-state index in [4.69, 9.17) is 5.73 Å². The van der Waals surface area contributed by atoms with E-state index in [0.29, 0.717) is 0 Å². The van der Waals surface area contributed by atoms with Crippen LogP contribution in [-0.2, 0) is 0 Å². The van der Waals surface area contributed by atoms with Gasteiger partial charge in [-0.05, 0) is 67.4 Å². The number of carbonyl (C=O) groups is 1. The monoisotopic (exact) mass is 369 g/mol.